The number of imide groups is 2. The molecular formula is C40H36F6N2O4. The molecule has 0 spiro atoms. The molecular weight excluding hydrogens is 686 g/mol. The minimum atomic E-state index is -5.15. The summed E-state index contributed by atoms with van der Waals surface area (Å²) in [6.07, 6.45) is -5.88. The zero-order valence-electron chi connectivity index (χ0n) is 29.1. The van der Waals surface area contributed by atoms with Crippen LogP contribution in [-0.4, -0.2) is 45.5 Å². The molecule has 52 heavy (non-hydrogen) atoms. The highest BCUT2D eigenvalue weighted by Crippen LogP contribution is 2.53. The van der Waals surface area contributed by atoms with E-state index in [-0.39, 0.29) is 44.5 Å². The zero-order valence-corrected chi connectivity index (χ0v) is 29.1. The van der Waals surface area contributed by atoms with Gasteiger partial charge in [-0.25, -0.2) is 0 Å². The Bertz CT molecular complexity index is 2210. The number of rotatable bonds is 10. The van der Waals surface area contributed by atoms with Crippen LogP contribution in [0.1, 0.15) is 132 Å². The number of benzene rings is 5. The summed E-state index contributed by atoms with van der Waals surface area (Å²) < 4.78 is 91.5. The average Bonchev–Trinajstić information content (AvgIpc) is 3.10. The Hall–Kier alpha value is -4.74. The summed E-state index contributed by atoms with van der Waals surface area (Å²) in [6.45, 7) is 7.40. The normalized spacial score (nSPS) is 16.4. The number of amides is 4. The molecule has 0 saturated heterocycles. The van der Waals surface area contributed by atoms with E-state index in [0.29, 0.717) is 44.2 Å². The van der Waals surface area contributed by atoms with Crippen LogP contribution in [0.5, 0.6) is 0 Å². The van der Waals surface area contributed by atoms with Gasteiger partial charge in [0.25, 0.3) is 23.6 Å². The maximum Gasteiger partial charge on any atom is 0.417 e. The summed E-state index contributed by atoms with van der Waals surface area (Å²) in [5.74, 6) is -3.33. The lowest BCUT2D eigenvalue weighted by atomic mass is 9.78. The molecule has 0 radical (unpaired) electrons. The van der Waals surface area contributed by atoms with Crippen molar-refractivity contribution in [1.29, 1.82) is 0 Å². The monoisotopic (exact) mass is 722 g/mol. The van der Waals surface area contributed by atoms with Gasteiger partial charge >= 0.3 is 12.4 Å². The van der Waals surface area contributed by atoms with Gasteiger partial charge in [0.1, 0.15) is 0 Å². The third-order valence-electron chi connectivity index (χ3n) is 11.0. The third kappa shape index (κ3) is 4.99. The molecule has 2 aliphatic rings. The lowest BCUT2D eigenvalue weighted by molar-refractivity contribution is -0.136. The van der Waals surface area contributed by atoms with Crippen molar-refractivity contribution in [2.75, 3.05) is 0 Å². The van der Waals surface area contributed by atoms with Gasteiger partial charge in [-0.3, -0.25) is 29.0 Å². The summed E-state index contributed by atoms with van der Waals surface area (Å²) in [7, 11) is 0. The number of nitrogens with zero attached hydrogens (tertiary/aromatic N) is 2. The molecule has 0 saturated carbocycles. The summed E-state index contributed by atoms with van der Waals surface area (Å²) in [4.78, 5) is 58.3. The molecule has 272 valence electrons. The van der Waals surface area contributed by atoms with Gasteiger partial charge in [-0.15, -0.1) is 0 Å². The predicted molar refractivity (Wildman–Crippen MR) is 186 cm³/mol. The van der Waals surface area contributed by atoms with E-state index in [4.69, 9.17) is 0 Å². The number of hydrogen-bond acceptors (Lipinski definition) is 4. The van der Waals surface area contributed by atoms with Crippen LogP contribution in [0, 0.1) is 0 Å². The molecule has 5 aromatic rings. The first-order valence-corrected chi connectivity index (χ1v) is 17.8. The van der Waals surface area contributed by atoms with Crippen molar-refractivity contribution in [1.82, 2.24) is 9.80 Å². The summed E-state index contributed by atoms with van der Waals surface area (Å²) >= 11 is 0. The first kappa shape index (κ1) is 35.7. The first-order chi connectivity index (χ1) is 24.6. The van der Waals surface area contributed by atoms with E-state index in [0.717, 1.165) is 22.6 Å². The van der Waals surface area contributed by atoms with E-state index >= 15 is 26.3 Å². The number of carbonyl (C=O) groups excluding carboxylic acids is 4. The largest absolute Gasteiger partial charge is 0.417 e. The molecule has 0 fully saturated rings. The number of hydrogen-bond donors (Lipinski definition) is 0. The van der Waals surface area contributed by atoms with E-state index in [1.807, 2.05) is 20.8 Å². The lowest BCUT2D eigenvalue weighted by Gasteiger charge is -2.36. The first-order valence-electron chi connectivity index (χ1n) is 17.8. The summed E-state index contributed by atoms with van der Waals surface area (Å²) in [6, 6.07) is 5.29. The standard InChI is InChI=1S/C40H36F6N2O4/c1-5-9-11-19(7-3)47-35(49)23-15-13-21-29-22(14-16-24(30(23)29)36(47)50)33-28(40(44,45)46)18-26-31-25(17-27(39(41,42)43)32(21)34(31)33)37(51)48(38(26)52)20(8-4)12-10-6-2/h13-20H,5-12H2,1-4H3. The van der Waals surface area contributed by atoms with Crippen molar-refractivity contribution in [3.63, 3.8) is 0 Å². The van der Waals surface area contributed by atoms with Gasteiger partial charge in [0.2, 0.25) is 0 Å². The fourth-order valence-electron chi connectivity index (χ4n) is 8.53. The molecule has 2 atom stereocenters. The molecule has 2 unspecified atom stereocenters. The SMILES string of the molecule is CCCCC(CC)N1C(=O)c2ccc3c4c(C(F)(F)F)cc5c6c(cc(C(F)(F)F)c(c7ccc(c2c37)C1=O)c64)C(=O)N(C(CC)CCCC)C5=O. The summed E-state index contributed by atoms with van der Waals surface area (Å²) in [5.41, 5.74) is -3.70. The van der Waals surface area contributed by atoms with Gasteiger partial charge in [0.15, 0.2) is 0 Å². The van der Waals surface area contributed by atoms with Gasteiger partial charge in [-0.05, 0) is 66.1 Å². The second-order valence-electron chi connectivity index (χ2n) is 13.9. The van der Waals surface area contributed by atoms with Gasteiger partial charge in [0.05, 0.1) is 11.1 Å². The van der Waals surface area contributed by atoms with E-state index in [9.17, 15) is 19.2 Å². The predicted octanol–water partition coefficient (Wildman–Crippen LogP) is 10.9. The molecule has 5 aromatic carbocycles. The van der Waals surface area contributed by atoms with Crippen molar-refractivity contribution >= 4 is 66.7 Å². The van der Waals surface area contributed by atoms with Gasteiger partial charge in [-0.1, -0.05) is 65.5 Å². The van der Waals surface area contributed by atoms with Crippen LogP contribution in [0.2, 0.25) is 0 Å². The second-order valence-corrected chi connectivity index (χ2v) is 13.9. The molecule has 0 aliphatic carbocycles. The number of unbranched alkanes of at least 4 members (excludes halogenated alkanes) is 2. The second kappa shape index (κ2) is 12.4. The average molecular weight is 723 g/mol. The van der Waals surface area contributed by atoms with Crippen LogP contribution in [0.3, 0.4) is 0 Å². The van der Waals surface area contributed by atoms with Gasteiger partial charge in [-0.2, -0.15) is 26.3 Å². The topological polar surface area (TPSA) is 74.8 Å². The highest BCUT2D eigenvalue weighted by molar-refractivity contribution is 6.42. The minimum Gasteiger partial charge on any atom is -0.271 e. The molecule has 7 rings (SSSR count). The Kier molecular flexibility index (Phi) is 8.53. The Morgan fingerprint density at radius 3 is 1.21 bits per heavy atom. The Morgan fingerprint density at radius 1 is 0.500 bits per heavy atom. The quantitative estimate of drug-likeness (QED) is 0.0622. The number of halogens is 6. The molecule has 12 heteroatoms. The van der Waals surface area contributed by atoms with Crippen LogP contribution in [0.25, 0.3) is 43.1 Å². The number of fused-ring (bicyclic) bond motifs is 2. The molecule has 0 bridgehead atoms. The fourth-order valence-corrected chi connectivity index (χ4v) is 8.53. The van der Waals surface area contributed by atoms with E-state index in [2.05, 4.69) is 0 Å². The third-order valence-corrected chi connectivity index (χ3v) is 11.0. The van der Waals surface area contributed by atoms with Crippen LogP contribution < -0.4 is 0 Å². The molecule has 0 aromatic heterocycles. The van der Waals surface area contributed by atoms with Crippen LogP contribution in [0.15, 0.2) is 36.4 Å². The van der Waals surface area contributed by atoms with Crippen molar-refractivity contribution in [2.45, 2.75) is 103 Å². The molecule has 2 heterocycles. The maximum atomic E-state index is 15.3. The molecule has 0 N–H and O–H groups in total. The maximum absolute atomic E-state index is 15.3. The molecule has 2 aliphatic heterocycles. The number of alkyl halides is 6. The highest BCUT2D eigenvalue weighted by atomic mass is 19.4. The fraction of sp³-hybridized carbons (Fsp3) is 0.400. The number of carbonyl (C=O) groups is 4. The van der Waals surface area contributed by atoms with Crippen molar-refractivity contribution in [3.05, 3.63) is 69.8 Å². The Balaban J connectivity index is 1.65. The molecule has 4 amide bonds. The van der Waals surface area contributed by atoms with Crippen LogP contribution in [0.4, 0.5) is 26.3 Å². The van der Waals surface area contributed by atoms with Crippen LogP contribution in [-0.2, 0) is 12.4 Å². The lowest BCUT2D eigenvalue weighted by Crippen LogP contribution is -2.47. The summed E-state index contributed by atoms with van der Waals surface area (Å²) in [5, 5.41) is -2.44. The van der Waals surface area contributed by atoms with E-state index in [1.54, 1.807) is 6.92 Å². The van der Waals surface area contributed by atoms with Gasteiger partial charge in [0, 0.05) is 61.3 Å². The molecule has 6 nitrogen and oxygen atoms in total. The van der Waals surface area contributed by atoms with E-state index < -0.39 is 86.5 Å². The highest BCUT2D eigenvalue weighted by Gasteiger charge is 2.46. The Morgan fingerprint density at radius 2 is 0.865 bits per heavy atom. The minimum absolute atomic E-state index is 0.000000393. The Labute approximate surface area is 295 Å². The van der Waals surface area contributed by atoms with Crippen molar-refractivity contribution < 1.29 is 45.5 Å². The van der Waals surface area contributed by atoms with E-state index in [1.165, 1.54) is 24.3 Å². The van der Waals surface area contributed by atoms with Crippen molar-refractivity contribution in [2.24, 2.45) is 0 Å². The van der Waals surface area contributed by atoms with Gasteiger partial charge < -0.3 is 0 Å². The zero-order chi connectivity index (χ0) is 37.6. The smallest absolute Gasteiger partial charge is 0.271 e. The van der Waals surface area contributed by atoms with Crippen LogP contribution >= 0.6 is 0 Å². The van der Waals surface area contributed by atoms with Crippen molar-refractivity contribution in [3.8, 4) is 0 Å².